The Balaban J connectivity index is 1.75. The Morgan fingerprint density at radius 2 is 2.15 bits per heavy atom. The molecule has 1 aromatic rings. The van der Waals surface area contributed by atoms with Crippen LogP contribution in [0, 0.1) is 5.41 Å². The second-order valence-corrected chi connectivity index (χ2v) is 5.82. The van der Waals surface area contributed by atoms with Crippen LogP contribution in [0.15, 0.2) is 30.3 Å². The quantitative estimate of drug-likeness (QED) is 0.651. The summed E-state index contributed by atoms with van der Waals surface area (Å²) in [5.41, 5.74) is 6.99. The van der Waals surface area contributed by atoms with E-state index in [2.05, 4.69) is 17.0 Å². The van der Waals surface area contributed by atoms with Crippen LogP contribution >= 0.6 is 0 Å². The van der Waals surface area contributed by atoms with Crippen LogP contribution < -0.4 is 5.73 Å². The summed E-state index contributed by atoms with van der Waals surface area (Å²) in [6.07, 6.45) is 4.04. The minimum absolute atomic E-state index is 0.00412. The van der Waals surface area contributed by atoms with Crippen LogP contribution in [0.1, 0.15) is 30.7 Å². The van der Waals surface area contributed by atoms with Crippen molar-refractivity contribution in [3.8, 4) is 0 Å². The number of benzene rings is 1. The third kappa shape index (κ3) is 2.72. The predicted molar refractivity (Wildman–Crippen MR) is 80.0 cm³/mol. The number of morpholine rings is 1. The fraction of sp³-hybridized carbons (Fsp3) is 0.562. The maximum absolute atomic E-state index is 7.92. The lowest BCUT2D eigenvalue weighted by Gasteiger charge is -2.39. The van der Waals surface area contributed by atoms with Crippen LogP contribution in [0.4, 0.5) is 0 Å². The van der Waals surface area contributed by atoms with Gasteiger partial charge in [-0.1, -0.05) is 30.3 Å². The number of nitrogens with two attached hydrogens (primary N) is 1. The normalized spacial score (nSPS) is 28.0. The molecule has 1 saturated carbocycles. The van der Waals surface area contributed by atoms with Gasteiger partial charge in [-0.2, -0.15) is 0 Å². The maximum Gasteiger partial charge on any atom is 0.0995 e. The third-order valence-electron chi connectivity index (χ3n) is 4.59. The first-order valence-corrected chi connectivity index (χ1v) is 7.50. The molecule has 1 aliphatic heterocycles. The van der Waals surface area contributed by atoms with Gasteiger partial charge < -0.3 is 10.5 Å². The van der Waals surface area contributed by atoms with Gasteiger partial charge in [-0.15, -0.1) is 0 Å². The molecule has 3 N–H and O–H groups in total. The number of nitrogens with one attached hydrogen (secondary N) is 1. The van der Waals surface area contributed by atoms with Crippen molar-refractivity contribution < 1.29 is 4.74 Å². The van der Waals surface area contributed by atoms with Crippen molar-refractivity contribution in [3.63, 3.8) is 0 Å². The van der Waals surface area contributed by atoms with Gasteiger partial charge in [-0.25, -0.2) is 0 Å². The summed E-state index contributed by atoms with van der Waals surface area (Å²) < 4.78 is 5.85. The first kappa shape index (κ1) is 13.6. The molecule has 20 heavy (non-hydrogen) atoms. The van der Waals surface area contributed by atoms with Crippen LogP contribution in [-0.4, -0.2) is 42.6 Å². The van der Waals surface area contributed by atoms with Gasteiger partial charge in [0.15, 0.2) is 0 Å². The second kappa shape index (κ2) is 5.94. The van der Waals surface area contributed by atoms with Crippen LogP contribution in [0.3, 0.4) is 0 Å². The molecular formula is C16H23N3O. The summed E-state index contributed by atoms with van der Waals surface area (Å²) in [5, 5.41) is 7.92. The zero-order valence-corrected chi connectivity index (χ0v) is 11.8. The molecule has 0 radical (unpaired) electrons. The number of rotatable bonds is 4. The Bertz CT molecular complexity index is 462. The number of ether oxygens (including phenoxy) is 1. The molecule has 0 bridgehead atoms. The van der Waals surface area contributed by atoms with Crippen LogP contribution in [-0.2, 0) is 4.74 Å². The van der Waals surface area contributed by atoms with Crippen molar-refractivity contribution in [2.75, 3.05) is 19.7 Å². The topological polar surface area (TPSA) is 62.3 Å². The molecule has 0 amide bonds. The predicted octanol–water partition coefficient (Wildman–Crippen LogP) is 1.96. The van der Waals surface area contributed by atoms with Crippen molar-refractivity contribution in [2.24, 2.45) is 5.73 Å². The molecule has 0 spiro atoms. The van der Waals surface area contributed by atoms with E-state index in [1.165, 1.54) is 19.3 Å². The average molecular weight is 273 g/mol. The van der Waals surface area contributed by atoms with Crippen molar-refractivity contribution in [1.82, 2.24) is 4.90 Å². The molecule has 3 unspecified atom stereocenters. The van der Waals surface area contributed by atoms with Crippen molar-refractivity contribution in [1.29, 1.82) is 5.41 Å². The maximum atomic E-state index is 7.92. The molecule has 1 saturated heterocycles. The molecule has 3 rings (SSSR count). The van der Waals surface area contributed by atoms with Gasteiger partial charge in [-0.05, 0) is 24.8 Å². The van der Waals surface area contributed by atoms with Gasteiger partial charge in [0.05, 0.1) is 24.5 Å². The highest BCUT2D eigenvalue weighted by atomic mass is 16.5. The van der Waals surface area contributed by atoms with Gasteiger partial charge >= 0.3 is 0 Å². The summed E-state index contributed by atoms with van der Waals surface area (Å²) >= 11 is 0. The average Bonchev–Trinajstić information content (AvgIpc) is 2.94. The Morgan fingerprint density at radius 1 is 1.35 bits per heavy atom. The molecule has 0 aromatic heterocycles. The van der Waals surface area contributed by atoms with Crippen LogP contribution in [0.2, 0.25) is 0 Å². The third-order valence-corrected chi connectivity index (χ3v) is 4.59. The molecule has 4 heteroatoms. The van der Waals surface area contributed by atoms with E-state index < -0.39 is 0 Å². The molecule has 2 aliphatic rings. The van der Waals surface area contributed by atoms with Crippen LogP contribution in [0.25, 0.3) is 0 Å². The molecular weight excluding hydrogens is 250 g/mol. The lowest BCUT2D eigenvalue weighted by molar-refractivity contribution is -0.0557. The molecule has 1 aromatic carbocycles. The minimum atomic E-state index is -0.00412. The molecule has 3 atom stereocenters. The standard InChI is InChI=1S/C16H23N3O/c17-16(18)13(12-5-2-1-3-6-12)11-19-9-10-20-15-8-4-7-14(15)19/h1-3,5-6,13-15H,4,7-11H2,(H3,17,18). The van der Waals surface area contributed by atoms with E-state index in [1.54, 1.807) is 0 Å². The van der Waals surface area contributed by atoms with Gasteiger partial charge in [-0.3, -0.25) is 10.3 Å². The summed E-state index contributed by atoms with van der Waals surface area (Å²) in [4.78, 5) is 2.49. The number of nitrogens with zero attached hydrogens (tertiary/aromatic N) is 1. The van der Waals surface area contributed by atoms with E-state index in [9.17, 15) is 0 Å². The molecule has 108 valence electrons. The monoisotopic (exact) mass is 273 g/mol. The van der Waals surface area contributed by atoms with E-state index in [1.807, 2.05) is 18.2 Å². The van der Waals surface area contributed by atoms with Crippen molar-refractivity contribution in [3.05, 3.63) is 35.9 Å². The fourth-order valence-electron chi connectivity index (χ4n) is 3.54. The van der Waals surface area contributed by atoms with Crippen molar-refractivity contribution >= 4 is 5.84 Å². The Hall–Kier alpha value is -1.39. The highest BCUT2D eigenvalue weighted by molar-refractivity contribution is 5.84. The highest BCUT2D eigenvalue weighted by Crippen LogP contribution is 2.31. The van der Waals surface area contributed by atoms with Gasteiger partial charge in [0.2, 0.25) is 0 Å². The number of fused-ring (bicyclic) bond motifs is 1. The van der Waals surface area contributed by atoms with Crippen LogP contribution in [0.5, 0.6) is 0 Å². The summed E-state index contributed by atoms with van der Waals surface area (Å²) in [7, 11) is 0. The summed E-state index contributed by atoms with van der Waals surface area (Å²) in [6.45, 7) is 2.60. The second-order valence-electron chi connectivity index (χ2n) is 5.82. The molecule has 1 aliphatic carbocycles. The molecule has 1 heterocycles. The Morgan fingerprint density at radius 3 is 2.90 bits per heavy atom. The van der Waals surface area contributed by atoms with E-state index in [-0.39, 0.29) is 11.8 Å². The SMILES string of the molecule is N=C(N)C(CN1CCOC2CCCC21)c1ccccc1. The zero-order valence-electron chi connectivity index (χ0n) is 11.8. The first-order valence-electron chi connectivity index (χ1n) is 7.50. The van der Waals surface area contributed by atoms with Gasteiger partial charge in [0, 0.05) is 19.1 Å². The largest absolute Gasteiger partial charge is 0.387 e. The van der Waals surface area contributed by atoms with E-state index in [4.69, 9.17) is 15.9 Å². The highest BCUT2D eigenvalue weighted by Gasteiger charge is 2.37. The smallest absolute Gasteiger partial charge is 0.0995 e. The van der Waals surface area contributed by atoms with Crippen molar-refractivity contribution in [2.45, 2.75) is 37.3 Å². The molecule has 2 fully saturated rings. The fourth-order valence-corrected chi connectivity index (χ4v) is 3.54. The lowest BCUT2D eigenvalue weighted by Crippen LogP contribution is -2.50. The summed E-state index contributed by atoms with van der Waals surface area (Å²) in [5.74, 6) is 0.257. The molecule has 4 nitrogen and oxygen atoms in total. The Labute approximate surface area is 120 Å². The van der Waals surface area contributed by atoms with E-state index >= 15 is 0 Å². The summed E-state index contributed by atoms with van der Waals surface area (Å²) in [6, 6.07) is 10.7. The zero-order chi connectivity index (χ0) is 13.9. The van der Waals surface area contributed by atoms with E-state index in [0.717, 1.165) is 25.3 Å². The van der Waals surface area contributed by atoms with Gasteiger partial charge in [0.25, 0.3) is 0 Å². The van der Waals surface area contributed by atoms with Gasteiger partial charge in [0.1, 0.15) is 0 Å². The number of hydrogen-bond donors (Lipinski definition) is 2. The lowest BCUT2D eigenvalue weighted by atomic mass is 9.96. The van der Waals surface area contributed by atoms with E-state index in [0.29, 0.717) is 12.1 Å². The Kier molecular flexibility index (Phi) is 4.03. The number of hydrogen-bond acceptors (Lipinski definition) is 3. The minimum Gasteiger partial charge on any atom is -0.387 e. The number of amidine groups is 1. The first-order chi connectivity index (χ1) is 9.75.